The Morgan fingerprint density at radius 3 is 2.83 bits per heavy atom. The molecule has 0 saturated heterocycles. The molecule has 1 aliphatic carbocycles. The van der Waals surface area contributed by atoms with Crippen molar-refractivity contribution in [3.8, 4) is 0 Å². The van der Waals surface area contributed by atoms with Crippen LogP contribution in [-0.4, -0.2) is 37.8 Å². The van der Waals surface area contributed by atoms with E-state index in [4.69, 9.17) is 0 Å². The maximum absolute atomic E-state index is 12.2. The molecule has 0 spiro atoms. The van der Waals surface area contributed by atoms with Gasteiger partial charge in [-0.15, -0.1) is 10.2 Å². The fourth-order valence-electron chi connectivity index (χ4n) is 2.79. The molecule has 0 unspecified atom stereocenters. The molecule has 128 valence electrons. The molecule has 0 aromatic carbocycles. The second-order valence-electron chi connectivity index (χ2n) is 5.97. The number of rotatable bonds is 4. The second-order valence-corrected chi connectivity index (χ2v) is 7.28. The van der Waals surface area contributed by atoms with E-state index < -0.39 is 11.3 Å². The van der Waals surface area contributed by atoms with Gasteiger partial charge in [0.25, 0.3) is 0 Å². The third-order valence-corrected chi connectivity index (χ3v) is 5.17. The first-order chi connectivity index (χ1) is 11.6. The van der Waals surface area contributed by atoms with Crippen LogP contribution in [0.25, 0.3) is 5.65 Å². The molecule has 7 nitrogen and oxygen atoms in total. The molecular weight excluding hydrogens is 326 g/mol. The van der Waals surface area contributed by atoms with Crippen molar-refractivity contribution in [2.24, 2.45) is 0 Å². The Bertz CT molecular complexity index is 726. The number of amides is 3. The zero-order chi connectivity index (χ0) is 16.9. The Kier molecular flexibility index (Phi) is 5.34. The van der Waals surface area contributed by atoms with Gasteiger partial charge in [-0.1, -0.05) is 37.1 Å². The molecule has 0 aliphatic heterocycles. The number of pyridine rings is 1. The smallest absolute Gasteiger partial charge is 0.321 e. The summed E-state index contributed by atoms with van der Waals surface area (Å²) in [6.45, 7) is 1.75. The highest BCUT2D eigenvalue weighted by atomic mass is 32.2. The van der Waals surface area contributed by atoms with Crippen LogP contribution in [0.2, 0.25) is 0 Å². The van der Waals surface area contributed by atoms with E-state index >= 15 is 0 Å². The number of hydrogen-bond donors (Lipinski definition) is 2. The minimum Gasteiger partial charge on any atom is -0.335 e. The van der Waals surface area contributed by atoms with Crippen LogP contribution < -0.4 is 10.6 Å². The highest BCUT2D eigenvalue weighted by molar-refractivity contribution is 8.00. The molecule has 24 heavy (non-hydrogen) atoms. The summed E-state index contributed by atoms with van der Waals surface area (Å²) in [5, 5.41) is 13.6. The molecule has 0 bridgehead atoms. The molecule has 1 fully saturated rings. The summed E-state index contributed by atoms with van der Waals surface area (Å²) in [4.78, 5) is 24.2. The fraction of sp³-hybridized carbons (Fsp3) is 0.500. The SMILES string of the molecule is C[C@H](Sc1nnc2ccccn12)C(=O)NC(=O)NC1CCCCC1. The lowest BCUT2D eigenvalue weighted by Gasteiger charge is -2.22. The topological polar surface area (TPSA) is 88.4 Å². The van der Waals surface area contributed by atoms with Gasteiger partial charge in [-0.05, 0) is 31.9 Å². The molecule has 2 N–H and O–H groups in total. The Labute approximate surface area is 144 Å². The zero-order valence-electron chi connectivity index (χ0n) is 13.6. The number of nitrogens with zero attached hydrogens (tertiary/aromatic N) is 3. The predicted molar refractivity (Wildman–Crippen MR) is 91.9 cm³/mol. The molecule has 2 aromatic rings. The summed E-state index contributed by atoms with van der Waals surface area (Å²) in [6, 6.07) is 5.37. The summed E-state index contributed by atoms with van der Waals surface area (Å²) < 4.78 is 1.82. The first-order valence-corrected chi connectivity index (χ1v) is 9.09. The number of fused-ring (bicyclic) bond motifs is 1. The predicted octanol–water partition coefficient (Wildman–Crippen LogP) is 2.37. The summed E-state index contributed by atoms with van der Waals surface area (Å²) >= 11 is 1.27. The van der Waals surface area contributed by atoms with Crippen molar-refractivity contribution in [1.82, 2.24) is 25.2 Å². The van der Waals surface area contributed by atoms with E-state index in [-0.39, 0.29) is 11.9 Å². The van der Waals surface area contributed by atoms with Crippen molar-refractivity contribution < 1.29 is 9.59 Å². The summed E-state index contributed by atoms with van der Waals surface area (Å²) in [5.41, 5.74) is 0.725. The van der Waals surface area contributed by atoms with Crippen molar-refractivity contribution in [2.75, 3.05) is 0 Å². The normalized spacial score (nSPS) is 16.7. The number of thioether (sulfide) groups is 1. The Morgan fingerprint density at radius 1 is 1.25 bits per heavy atom. The van der Waals surface area contributed by atoms with Gasteiger partial charge in [0.2, 0.25) is 5.91 Å². The highest BCUT2D eigenvalue weighted by Gasteiger charge is 2.21. The van der Waals surface area contributed by atoms with E-state index in [1.807, 2.05) is 28.8 Å². The Hall–Kier alpha value is -2.09. The molecule has 3 rings (SSSR count). The number of hydrogen-bond acceptors (Lipinski definition) is 5. The zero-order valence-corrected chi connectivity index (χ0v) is 14.4. The Morgan fingerprint density at radius 2 is 2.04 bits per heavy atom. The van der Waals surface area contributed by atoms with Crippen LogP contribution in [0.4, 0.5) is 4.79 Å². The molecule has 1 atom stereocenters. The van der Waals surface area contributed by atoms with E-state index in [1.54, 1.807) is 6.92 Å². The summed E-state index contributed by atoms with van der Waals surface area (Å²) in [7, 11) is 0. The molecule has 2 heterocycles. The molecule has 8 heteroatoms. The molecule has 1 saturated carbocycles. The van der Waals surface area contributed by atoms with Crippen molar-refractivity contribution in [2.45, 2.75) is 55.5 Å². The number of nitrogens with one attached hydrogen (secondary N) is 2. The van der Waals surface area contributed by atoms with Crippen LogP contribution in [0, 0.1) is 0 Å². The van der Waals surface area contributed by atoms with Gasteiger partial charge in [0.15, 0.2) is 10.8 Å². The minimum absolute atomic E-state index is 0.176. The highest BCUT2D eigenvalue weighted by Crippen LogP contribution is 2.22. The van der Waals surface area contributed by atoms with E-state index in [1.165, 1.54) is 18.2 Å². The van der Waals surface area contributed by atoms with Crippen LogP contribution in [0.3, 0.4) is 0 Å². The average Bonchev–Trinajstić information content (AvgIpc) is 2.99. The van der Waals surface area contributed by atoms with E-state index in [0.29, 0.717) is 5.16 Å². The van der Waals surface area contributed by atoms with Gasteiger partial charge in [0, 0.05) is 12.2 Å². The molecule has 1 aliphatic rings. The number of aromatic nitrogens is 3. The van der Waals surface area contributed by atoms with Crippen molar-refractivity contribution >= 4 is 29.3 Å². The first-order valence-electron chi connectivity index (χ1n) is 8.21. The molecule has 0 radical (unpaired) electrons. The van der Waals surface area contributed by atoms with E-state index in [0.717, 1.165) is 31.3 Å². The third kappa shape index (κ3) is 4.05. The maximum atomic E-state index is 12.2. The Balaban J connectivity index is 1.53. The van der Waals surface area contributed by atoms with Gasteiger partial charge in [0.1, 0.15) is 0 Å². The second kappa shape index (κ2) is 7.65. The molecule has 2 aromatic heterocycles. The van der Waals surface area contributed by atoms with Gasteiger partial charge >= 0.3 is 6.03 Å². The van der Waals surface area contributed by atoms with Gasteiger partial charge in [-0.2, -0.15) is 0 Å². The quantitative estimate of drug-likeness (QED) is 0.829. The fourth-order valence-corrected chi connectivity index (χ4v) is 3.63. The monoisotopic (exact) mass is 347 g/mol. The average molecular weight is 347 g/mol. The lowest BCUT2D eigenvalue weighted by atomic mass is 9.96. The summed E-state index contributed by atoms with van der Waals surface area (Å²) in [5.74, 6) is -0.332. The van der Waals surface area contributed by atoms with Gasteiger partial charge in [0.05, 0.1) is 5.25 Å². The largest absolute Gasteiger partial charge is 0.335 e. The number of carbonyl (C=O) groups excluding carboxylic acids is 2. The van der Waals surface area contributed by atoms with Gasteiger partial charge in [-0.3, -0.25) is 14.5 Å². The summed E-state index contributed by atoms with van der Waals surface area (Å²) in [6.07, 6.45) is 7.29. The van der Waals surface area contributed by atoms with Crippen LogP contribution in [0.1, 0.15) is 39.0 Å². The van der Waals surface area contributed by atoms with Crippen LogP contribution >= 0.6 is 11.8 Å². The first kappa shape index (κ1) is 16.8. The lowest BCUT2D eigenvalue weighted by molar-refractivity contribution is -0.119. The van der Waals surface area contributed by atoms with Crippen molar-refractivity contribution in [1.29, 1.82) is 0 Å². The third-order valence-electron chi connectivity index (χ3n) is 4.11. The number of carbonyl (C=O) groups is 2. The van der Waals surface area contributed by atoms with Crippen molar-refractivity contribution in [3.05, 3.63) is 24.4 Å². The molecule has 3 amide bonds. The molecular formula is C16H21N5O2S. The van der Waals surface area contributed by atoms with Crippen LogP contribution in [-0.2, 0) is 4.79 Å². The van der Waals surface area contributed by atoms with E-state index in [2.05, 4.69) is 20.8 Å². The van der Waals surface area contributed by atoms with E-state index in [9.17, 15) is 9.59 Å². The van der Waals surface area contributed by atoms with Crippen molar-refractivity contribution in [3.63, 3.8) is 0 Å². The van der Waals surface area contributed by atoms with Gasteiger partial charge in [-0.25, -0.2) is 4.79 Å². The standard InChI is InChI=1S/C16H21N5O2S/c1-11(24-16-20-19-13-9-5-6-10-21(13)16)14(22)18-15(23)17-12-7-3-2-4-8-12/h5-6,9-12H,2-4,7-8H2,1H3,(H2,17,18,22,23)/t11-/m0/s1. The minimum atomic E-state index is -0.449. The number of imide groups is 1. The van der Waals surface area contributed by atoms with Crippen LogP contribution in [0.15, 0.2) is 29.6 Å². The maximum Gasteiger partial charge on any atom is 0.321 e. The lowest BCUT2D eigenvalue weighted by Crippen LogP contribution is -2.47. The number of urea groups is 1. The van der Waals surface area contributed by atoms with Crippen LogP contribution in [0.5, 0.6) is 0 Å². The van der Waals surface area contributed by atoms with Gasteiger partial charge < -0.3 is 5.32 Å².